The van der Waals surface area contributed by atoms with Crippen molar-refractivity contribution in [1.82, 2.24) is 0 Å². The fourth-order valence-corrected chi connectivity index (χ4v) is 0.328. The second-order valence-corrected chi connectivity index (χ2v) is 1.74. The zero-order chi connectivity index (χ0) is 9.02. The monoisotopic (exact) mass is 158 g/mol. The molecule has 0 aromatic heterocycles. The Bertz CT molecular complexity index is 209. The molecule has 0 radical (unpaired) electrons. The highest BCUT2D eigenvalue weighted by Crippen LogP contribution is 1.87. The molecular weight excluding hydrogens is 152 g/mol. The van der Waals surface area contributed by atoms with Gasteiger partial charge in [0.1, 0.15) is 11.4 Å². The van der Waals surface area contributed by atoms with Crippen molar-refractivity contribution in [2.24, 2.45) is 0 Å². The third-order valence-electron chi connectivity index (χ3n) is 0.870. The van der Waals surface area contributed by atoms with E-state index in [4.69, 9.17) is 21.0 Å². The molecule has 0 aliphatic rings. The largest absolute Gasteiger partial charge is 0.477 e. The molecule has 0 bridgehead atoms. The number of aliphatic carboxylic acids is 2. The lowest BCUT2D eigenvalue weighted by molar-refractivity contribution is -0.129. The molecule has 0 heterocycles. The van der Waals surface area contributed by atoms with Crippen LogP contribution in [0.5, 0.6) is 0 Å². The molecule has 0 fully saturated rings. The predicted molar refractivity (Wildman–Crippen MR) is 35.3 cm³/mol. The van der Waals surface area contributed by atoms with Crippen LogP contribution in [-0.2, 0) is 9.59 Å². The lowest BCUT2D eigenvalue weighted by atomic mass is 10.2. The van der Waals surface area contributed by atoms with Gasteiger partial charge >= 0.3 is 11.9 Å². The van der Waals surface area contributed by atoms with Crippen LogP contribution in [0.3, 0.4) is 0 Å². The summed E-state index contributed by atoms with van der Waals surface area (Å²) < 4.78 is 0. The molecule has 0 atom stereocenters. The van der Waals surface area contributed by atoms with Crippen LogP contribution < -0.4 is 0 Å². The minimum Gasteiger partial charge on any atom is -0.477 e. The van der Waals surface area contributed by atoms with Crippen LogP contribution >= 0.6 is 0 Å². The second kappa shape index (κ2) is 3.45. The molecule has 0 aromatic carbocycles. The van der Waals surface area contributed by atoms with Crippen LogP contribution in [0.2, 0.25) is 0 Å². The minimum absolute atomic E-state index is 0.648. The Morgan fingerprint density at radius 1 is 1.00 bits per heavy atom. The first-order chi connectivity index (χ1) is 4.95. The molecule has 0 saturated heterocycles. The number of carboxylic acid groups (broad SMARTS) is 2. The van der Waals surface area contributed by atoms with Gasteiger partial charge in [0.25, 0.3) is 0 Å². The first kappa shape index (κ1) is 9.28. The number of carboxylic acids is 2. The summed E-state index contributed by atoms with van der Waals surface area (Å²) >= 11 is 0. The Balaban J connectivity index is 4.07. The molecule has 0 saturated carbocycles. The highest BCUT2D eigenvalue weighted by atomic mass is 16.4. The number of carbonyl (C=O) groups is 2. The Morgan fingerprint density at radius 2 is 1.27 bits per heavy atom. The van der Waals surface area contributed by atoms with E-state index in [9.17, 15) is 9.59 Å². The smallest absolute Gasteiger partial charge is 0.349 e. The zero-order valence-corrected chi connectivity index (χ0v) is 5.42. The fraction of sp³-hybridized carbons (Fsp3) is 0.200. The topological polar surface area (TPSA) is 122 Å². The van der Waals surface area contributed by atoms with Crippen LogP contribution in [0.4, 0.5) is 0 Å². The summed E-state index contributed by atoms with van der Waals surface area (Å²) in [4.78, 5) is 19.9. The molecular formula is C5H6N2O4. The zero-order valence-electron chi connectivity index (χ0n) is 5.42. The number of hydrogen-bond acceptors (Lipinski definition) is 4. The maximum absolute atomic E-state index is 9.94. The molecule has 4 N–H and O–H groups in total. The Hall–Kier alpha value is -1.72. The molecule has 0 unspecified atom stereocenters. The van der Waals surface area contributed by atoms with Gasteiger partial charge in [0.2, 0.25) is 0 Å². The average Bonchev–Trinajstić information content (AvgIpc) is 1.87. The quantitative estimate of drug-likeness (QED) is 0.415. The maximum atomic E-state index is 9.94. The molecule has 0 aliphatic carbocycles. The summed E-state index contributed by atoms with van der Waals surface area (Å²) in [6.07, 6.45) is -0.648. The summed E-state index contributed by atoms with van der Waals surface area (Å²) in [6.45, 7) is 0. The summed E-state index contributed by atoms with van der Waals surface area (Å²) in [6, 6.07) is 0. The van der Waals surface area contributed by atoms with Gasteiger partial charge < -0.3 is 10.2 Å². The standard InChI is InChI=1S/C5H6N2O4/c6-2(4(8)9)1-3(7)5(10)11/h6-7H,1H2,(H,8,9)(H,10,11). The van der Waals surface area contributed by atoms with Crippen molar-refractivity contribution in [1.29, 1.82) is 10.8 Å². The molecule has 0 aliphatic heterocycles. The number of nitrogens with one attached hydrogen (secondary N) is 2. The van der Waals surface area contributed by atoms with Gasteiger partial charge in [-0.1, -0.05) is 0 Å². The van der Waals surface area contributed by atoms with Crippen molar-refractivity contribution >= 4 is 23.4 Å². The summed E-state index contributed by atoms with van der Waals surface area (Å²) in [5, 5.41) is 29.5. The van der Waals surface area contributed by atoms with E-state index >= 15 is 0 Å². The van der Waals surface area contributed by atoms with Crippen molar-refractivity contribution in [3.63, 3.8) is 0 Å². The minimum atomic E-state index is -1.50. The predicted octanol–water partition coefficient (Wildman–Crippen LogP) is -0.415. The van der Waals surface area contributed by atoms with E-state index < -0.39 is 29.8 Å². The van der Waals surface area contributed by atoms with E-state index in [-0.39, 0.29) is 0 Å². The highest BCUT2D eigenvalue weighted by Gasteiger charge is 2.14. The Labute approximate surface area is 61.5 Å². The maximum Gasteiger partial charge on any atom is 0.349 e. The van der Waals surface area contributed by atoms with E-state index in [1.807, 2.05) is 0 Å². The summed E-state index contributed by atoms with van der Waals surface area (Å²) in [5.74, 6) is -3.01. The van der Waals surface area contributed by atoms with E-state index in [2.05, 4.69) is 0 Å². The van der Waals surface area contributed by atoms with Gasteiger partial charge in [-0.15, -0.1) is 0 Å². The van der Waals surface area contributed by atoms with E-state index in [1.54, 1.807) is 0 Å². The lowest BCUT2D eigenvalue weighted by Gasteiger charge is -1.94. The molecule has 0 spiro atoms. The summed E-state index contributed by atoms with van der Waals surface area (Å²) in [5.41, 5.74) is -1.59. The van der Waals surface area contributed by atoms with Crippen molar-refractivity contribution in [2.75, 3.05) is 0 Å². The summed E-state index contributed by atoms with van der Waals surface area (Å²) in [7, 11) is 0. The molecule has 60 valence electrons. The van der Waals surface area contributed by atoms with Crippen LogP contribution in [0.15, 0.2) is 0 Å². The van der Waals surface area contributed by atoms with Crippen LogP contribution in [-0.4, -0.2) is 33.6 Å². The van der Waals surface area contributed by atoms with Crippen LogP contribution in [0, 0.1) is 10.8 Å². The molecule has 6 nitrogen and oxygen atoms in total. The SMILES string of the molecule is N=C(CC(=N)C(=O)O)C(=O)O. The normalized spacial score (nSPS) is 8.73. The van der Waals surface area contributed by atoms with E-state index in [0.717, 1.165) is 0 Å². The van der Waals surface area contributed by atoms with Crippen molar-refractivity contribution in [3.05, 3.63) is 0 Å². The molecule has 0 rings (SSSR count). The first-order valence-corrected chi connectivity index (χ1v) is 2.56. The first-order valence-electron chi connectivity index (χ1n) is 2.56. The lowest BCUT2D eigenvalue weighted by Crippen LogP contribution is -2.21. The molecule has 6 heteroatoms. The molecule has 0 amide bonds. The van der Waals surface area contributed by atoms with Gasteiger partial charge in [0, 0.05) is 6.42 Å². The van der Waals surface area contributed by atoms with Crippen LogP contribution in [0.1, 0.15) is 6.42 Å². The average molecular weight is 158 g/mol. The Morgan fingerprint density at radius 3 is 1.45 bits per heavy atom. The van der Waals surface area contributed by atoms with E-state index in [1.165, 1.54) is 0 Å². The Kier molecular flexibility index (Phi) is 2.91. The molecule has 11 heavy (non-hydrogen) atoms. The highest BCUT2D eigenvalue weighted by molar-refractivity contribution is 6.46. The van der Waals surface area contributed by atoms with Crippen LogP contribution in [0.25, 0.3) is 0 Å². The fourth-order valence-electron chi connectivity index (χ4n) is 0.328. The second-order valence-electron chi connectivity index (χ2n) is 1.74. The third-order valence-corrected chi connectivity index (χ3v) is 0.870. The number of rotatable bonds is 4. The van der Waals surface area contributed by atoms with Crippen molar-refractivity contribution in [3.8, 4) is 0 Å². The van der Waals surface area contributed by atoms with Gasteiger partial charge in [-0.25, -0.2) is 9.59 Å². The third kappa shape index (κ3) is 3.09. The van der Waals surface area contributed by atoms with Gasteiger partial charge in [0.05, 0.1) is 0 Å². The van der Waals surface area contributed by atoms with E-state index in [0.29, 0.717) is 0 Å². The van der Waals surface area contributed by atoms with Gasteiger partial charge in [-0.2, -0.15) is 0 Å². The molecule has 0 aromatic rings. The van der Waals surface area contributed by atoms with Gasteiger partial charge in [0.15, 0.2) is 0 Å². The number of hydrogen-bond donors (Lipinski definition) is 4. The van der Waals surface area contributed by atoms with Gasteiger partial charge in [-0.3, -0.25) is 10.8 Å². The van der Waals surface area contributed by atoms with Crippen molar-refractivity contribution in [2.45, 2.75) is 6.42 Å². The van der Waals surface area contributed by atoms with Gasteiger partial charge in [-0.05, 0) is 0 Å². The van der Waals surface area contributed by atoms with Crippen molar-refractivity contribution < 1.29 is 19.8 Å².